The Labute approximate surface area is 210 Å². The highest BCUT2D eigenvalue weighted by Gasteiger charge is 2.23. The third-order valence-electron chi connectivity index (χ3n) is 6.21. The van der Waals surface area contributed by atoms with Crippen molar-refractivity contribution in [2.75, 3.05) is 48.8 Å². The first-order valence-electron chi connectivity index (χ1n) is 12.1. The standard InChI is InChI=1S/C27H31N7O2/c1-17(2)36-22-10-7-19(15-23(22)35-4)21-16-29-25-24(30-21)26(32-27(28)31-25)34-13-11-33(12-14-34)20-8-5-18(3)6-9-20/h5-10,15-17H,11-14H2,1-4H3,(H2,28,29,31,32). The van der Waals surface area contributed by atoms with Crippen LogP contribution in [-0.2, 0) is 0 Å². The highest BCUT2D eigenvalue weighted by atomic mass is 16.5. The van der Waals surface area contributed by atoms with Crippen molar-refractivity contribution in [1.82, 2.24) is 19.9 Å². The molecule has 0 spiro atoms. The van der Waals surface area contributed by atoms with E-state index < -0.39 is 0 Å². The summed E-state index contributed by atoms with van der Waals surface area (Å²) in [7, 11) is 1.63. The molecule has 2 aromatic carbocycles. The average molecular weight is 486 g/mol. The van der Waals surface area contributed by atoms with Gasteiger partial charge in [-0.05, 0) is 51.1 Å². The molecule has 0 aliphatic carbocycles. The Morgan fingerprint density at radius 3 is 2.31 bits per heavy atom. The van der Waals surface area contributed by atoms with Crippen molar-refractivity contribution in [3.8, 4) is 22.8 Å². The smallest absolute Gasteiger partial charge is 0.224 e. The van der Waals surface area contributed by atoms with Gasteiger partial charge in [0.1, 0.15) is 0 Å². The number of hydrogen-bond donors (Lipinski definition) is 1. The zero-order valence-corrected chi connectivity index (χ0v) is 21.1. The molecule has 1 fully saturated rings. The number of nitrogens with two attached hydrogens (primary N) is 1. The van der Waals surface area contributed by atoms with Crippen LogP contribution in [0.1, 0.15) is 19.4 Å². The van der Waals surface area contributed by atoms with E-state index in [-0.39, 0.29) is 12.1 Å². The molecule has 186 valence electrons. The van der Waals surface area contributed by atoms with Crippen molar-refractivity contribution < 1.29 is 9.47 Å². The summed E-state index contributed by atoms with van der Waals surface area (Å²) in [5, 5.41) is 0. The van der Waals surface area contributed by atoms with Gasteiger partial charge in [-0.25, -0.2) is 9.97 Å². The number of aryl methyl sites for hydroxylation is 1. The molecule has 2 N–H and O–H groups in total. The van der Waals surface area contributed by atoms with E-state index in [1.54, 1.807) is 13.3 Å². The van der Waals surface area contributed by atoms with Crippen LogP contribution in [0.2, 0.25) is 0 Å². The van der Waals surface area contributed by atoms with E-state index in [9.17, 15) is 0 Å². The number of nitrogen functional groups attached to an aromatic ring is 1. The molecular formula is C27H31N7O2. The topological polar surface area (TPSA) is 103 Å². The van der Waals surface area contributed by atoms with Gasteiger partial charge < -0.3 is 25.0 Å². The van der Waals surface area contributed by atoms with Crippen LogP contribution in [0.15, 0.2) is 48.7 Å². The fourth-order valence-electron chi connectivity index (χ4n) is 4.38. The molecule has 5 rings (SSSR count). The van der Waals surface area contributed by atoms with Crippen LogP contribution in [0.4, 0.5) is 17.5 Å². The summed E-state index contributed by atoms with van der Waals surface area (Å²) >= 11 is 0. The van der Waals surface area contributed by atoms with Gasteiger partial charge in [0.25, 0.3) is 0 Å². The minimum absolute atomic E-state index is 0.0434. The number of ether oxygens (including phenoxy) is 2. The van der Waals surface area contributed by atoms with Gasteiger partial charge in [-0.1, -0.05) is 17.7 Å². The second-order valence-corrected chi connectivity index (χ2v) is 9.17. The van der Waals surface area contributed by atoms with Crippen LogP contribution in [0.25, 0.3) is 22.4 Å². The number of anilines is 3. The first-order valence-corrected chi connectivity index (χ1v) is 12.1. The predicted molar refractivity (Wildman–Crippen MR) is 143 cm³/mol. The molecule has 0 radical (unpaired) electrons. The van der Waals surface area contributed by atoms with Crippen molar-refractivity contribution in [2.24, 2.45) is 0 Å². The van der Waals surface area contributed by atoms with E-state index >= 15 is 0 Å². The van der Waals surface area contributed by atoms with Crippen molar-refractivity contribution in [1.29, 1.82) is 0 Å². The summed E-state index contributed by atoms with van der Waals surface area (Å²) in [5.41, 5.74) is 11.2. The first kappa shape index (κ1) is 23.6. The second-order valence-electron chi connectivity index (χ2n) is 9.17. The van der Waals surface area contributed by atoms with Gasteiger partial charge >= 0.3 is 0 Å². The van der Waals surface area contributed by atoms with Crippen LogP contribution < -0.4 is 25.0 Å². The predicted octanol–water partition coefficient (Wildman–Crippen LogP) is 4.10. The molecule has 36 heavy (non-hydrogen) atoms. The monoisotopic (exact) mass is 485 g/mol. The fourth-order valence-corrected chi connectivity index (χ4v) is 4.38. The zero-order valence-electron chi connectivity index (χ0n) is 21.1. The summed E-state index contributed by atoms with van der Waals surface area (Å²) < 4.78 is 11.4. The Morgan fingerprint density at radius 2 is 1.61 bits per heavy atom. The van der Waals surface area contributed by atoms with Gasteiger partial charge in [0.2, 0.25) is 5.95 Å². The molecule has 4 aromatic rings. The maximum Gasteiger partial charge on any atom is 0.224 e. The minimum Gasteiger partial charge on any atom is -0.493 e. The first-order chi connectivity index (χ1) is 17.4. The van der Waals surface area contributed by atoms with Crippen LogP contribution in [0.5, 0.6) is 11.5 Å². The highest BCUT2D eigenvalue weighted by Crippen LogP contribution is 2.33. The van der Waals surface area contributed by atoms with E-state index in [1.165, 1.54) is 11.3 Å². The Balaban J connectivity index is 1.45. The van der Waals surface area contributed by atoms with Crippen LogP contribution in [-0.4, -0.2) is 59.3 Å². The molecule has 1 saturated heterocycles. The van der Waals surface area contributed by atoms with E-state index in [1.807, 2.05) is 32.0 Å². The van der Waals surface area contributed by atoms with Crippen molar-refractivity contribution in [2.45, 2.75) is 26.9 Å². The lowest BCUT2D eigenvalue weighted by Gasteiger charge is -2.36. The van der Waals surface area contributed by atoms with Crippen LogP contribution >= 0.6 is 0 Å². The second kappa shape index (κ2) is 9.85. The van der Waals surface area contributed by atoms with Gasteiger partial charge in [0.05, 0.1) is 25.1 Å². The summed E-state index contributed by atoms with van der Waals surface area (Å²) in [6.45, 7) is 9.39. The summed E-state index contributed by atoms with van der Waals surface area (Å²) in [4.78, 5) is 23.0. The fraction of sp³-hybridized carbons (Fsp3) is 0.333. The van der Waals surface area contributed by atoms with Gasteiger partial charge in [0.15, 0.2) is 28.5 Å². The third-order valence-corrected chi connectivity index (χ3v) is 6.21. The van der Waals surface area contributed by atoms with E-state index in [0.717, 1.165) is 31.7 Å². The molecule has 9 heteroatoms. The van der Waals surface area contributed by atoms with E-state index in [0.29, 0.717) is 34.2 Å². The molecule has 2 aromatic heterocycles. The lowest BCUT2D eigenvalue weighted by atomic mass is 10.1. The number of methoxy groups -OCH3 is 1. The van der Waals surface area contributed by atoms with Gasteiger partial charge in [0, 0.05) is 37.4 Å². The summed E-state index contributed by atoms with van der Waals surface area (Å²) in [5.74, 6) is 2.23. The Hall–Kier alpha value is -4.14. The number of nitrogens with zero attached hydrogens (tertiary/aromatic N) is 6. The van der Waals surface area contributed by atoms with Crippen molar-refractivity contribution in [3.63, 3.8) is 0 Å². The van der Waals surface area contributed by atoms with Gasteiger partial charge in [-0.15, -0.1) is 0 Å². The van der Waals surface area contributed by atoms with Crippen LogP contribution in [0.3, 0.4) is 0 Å². The number of fused-ring (bicyclic) bond motifs is 1. The quantitative estimate of drug-likeness (QED) is 0.432. The third kappa shape index (κ3) is 4.82. The summed E-state index contributed by atoms with van der Waals surface area (Å²) in [6, 6.07) is 14.4. The van der Waals surface area contributed by atoms with E-state index in [2.05, 4.69) is 55.9 Å². The molecule has 0 bridgehead atoms. The maximum atomic E-state index is 6.05. The Kier molecular flexibility index (Phi) is 6.45. The molecule has 3 heterocycles. The van der Waals surface area contributed by atoms with Gasteiger partial charge in [-0.2, -0.15) is 9.97 Å². The molecule has 0 unspecified atom stereocenters. The lowest BCUT2D eigenvalue weighted by Crippen LogP contribution is -2.47. The number of hydrogen-bond acceptors (Lipinski definition) is 9. The molecule has 0 atom stereocenters. The number of piperazine rings is 1. The molecule has 0 amide bonds. The molecule has 0 saturated carbocycles. The van der Waals surface area contributed by atoms with Crippen LogP contribution in [0, 0.1) is 6.92 Å². The highest BCUT2D eigenvalue weighted by molar-refractivity contribution is 5.86. The molecule has 1 aliphatic heterocycles. The largest absolute Gasteiger partial charge is 0.493 e. The normalized spacial score (nSPS) is 13.9. The minimum atomic E-state index is 0.0434. The molecular weight excluding hydrogens is 454 g/mol. The lowest BCUT2D eigenvalue weighted by molar-refractivity contribution is 0.230. The zero-order chi connectivity index (χ0) is 25.2. The maximum absolute atomic E-state index is 6.05. The number of rotatable bonds is 6. The Bertz CT molecular complexity index is 1370. The average Bonchev–Trinajstić information content (AvgIpc) is 2.88. The van der Waals surface area contributed by atoms with Crippen molar-refractivity contribution >= 4 is 28.6 Å². The van der Waals surface area contributed by atoms with Crippen molar-refractivity contribution in [3.05, 3.63) is 54.2 Å². The van der Waals surface area contributed by atoms with E-state index in [4.69, 9.17) is 20.2 Å². The Morgan fingerprint density at radius 1 is 0.889 bits per heavy atom. The number of benzene rings is 2. The number of aromatic nitrogens is 4. The SMILES string of the molecule is COc1cc(-c2cnc3nc(N)nc(N4CCN(c5ccc(C)cc5)CC4)c3n2)ccc1OC(C)C. The molecule has 9 nitrogen and oxygen atoms in total. The van der Waals surface area contributed by atoms with Gasteiger partial charge in [-0.3, -0.25) is 0 Å². The summed E-state index contributed by atoms with van der Waals surface area (Å²) in [6.07, 6.45) is 1.74. The molecule has 1 aliphatic rings.